The van der Waals surface area contributed by atoms with Crippen LogP contribution in [0, 0.1) is 5.41 Å². The van der Waals surface area contributed by atoms with Crippen LogP contribution in [0.15, 0.2) is 10.2 Å². The van der Waals surface area contributed by atoms with Crippen molar-refractivity contribution in [3.8, 4) is 0 Å². The van der Waals surface area contributed by atoms with E-state index in [4.69, 9.17) is 11.5 Å². The minimum Gasteiger partial charge on any atom is -0.369 e. The summed E-state index contributed by atoms with van der Waals surface area (Å²) in [5, 5.41) is 7.71. The minimum absolute atomic E-state index is 0.0379. The van der Waals surface area contributed by atoms with E-state index in [9.17, 15) is 0 Å². The molecule has 1 saturated carbocycles. The van der Waals surface area contributed by atoms with Crippen LogP contribution in [0.1, 0.15) is 39.5 Å². The quantitative estimate of drug-likeness (QED) is 0.363. The standard InChI is InChI=1S/C9H18N4/c1-9(2)5-3-4-7(6-9)12-13-8(10)11/h3-6H2,1-2H3,(H4,10,11,13)/b12-7-. The fourth-order valence-corrected chi connectivity index (χ4v) is 1.71. The van der Waals surface area contributed by atoms with Crippen LogP contribution < -0.4 is 11.5 Å². The average Bonchev–Trinajstić information content (AvgIpc) is 1.99. The topological polar surface area (TPSA) is 76.8 Å². The monoisotopic (exact) mass is 182 g/mol. The van der Waals surface area contributed by atoms with E-state index in [0.717, 1.165) is 18.6 Å². The van der Waals surface area contributed by atoms with Gasteiger partial charge in [0.15, 0.2) is 0 Å². The molecule has 0 amide bonds. The van der Waals surface area contributed by atoms with Gasteiger partial charge in [0, 0.05) is 5.71 Å². The summed E-state index contributed by atoms with van der Waals surface area (Å²) in [5.74, 6) is 0.0379. The zero-order valence-corrected chi connectivity index (χ0v) is 8.38. The summed E-state index contributed by atoms with van der Waals surface area (Å²) in [5.41, 5.74) is 11.9. The first-order valence-electron chi connectivity index (χ1n) is 4.64. The number of hydrogen-bond donors (Lipinski definition) is 2. The van der Waals surface area contributed by atoms with Crippen LogP contribution in [-0.2, 0) is 0 Å². The third kappa shape index (κ3) is 3.44. The molecule has 0 spiro atoms. The first-order chi connectivity index (χ1) is 5.99. The summed E-state index contributed by atoms with van der Waals surface area (Å²) >= 11 is 0. The SMILES string of the molecule is CC1(C)CCC/C(=N/N=C(N)N)C1. The van der Waals surface area contributed by atoms with Crippen LogP contribution >= 0.6 is 0 Å². The summed E-state index contributed by atoms with van der Waals surface area (Å²) in [6, 6.07) is 0. The summed E-state index contributed by atoms with van der Waals surface area (Å²) in [7, 11) is 0. The van der Waals surface area contributed by atoms with Crippen molar-refractivity contribution in [2.24, 2.45) is 27.1 Å². The van der Waals surface area contributed by atoms with E-state index in [0.29, 0.717) is 5.41 Å². The van der Waals surface area contributed by atoms with Gasteiger partial charge >= 0.3 is 0 Å². The molecule has 0 bridgehead atoms. The third-order valence-corrected chi connectivity index (χ3v) is 2.31. The maximum Gasteiger partial charge on any atom is 0.211 e. The Morgan fingerprint density at radius 3 is 2.62 bits per heavy atom. The van der Waals surface area contributed by atoms with Crippen LogP contribution in [0.25, 0.3) is 0 Å². The van der Waals surface area contributed by atoms with E-state index >= 15 is 0 Å². The van der Waals surface area contributed by atoms with Gasteiger partial charge in [0.2, 0.25) is 5.96 Å². The van der Waals surface area contributed by atoms with E-state index in [1.165, 1.54) is 12.8 Å². The van der Waals surface area contributed by atoms with Crippen LogP contribution in [0.5, 0.6) is 0 Å². The average molecular weight is 182 g/mol. The normalized spacial score (nSPS) is 24.3. The van der Waals surface area contributed by atoms with Gasteiger partial charge < -0.3 is 11.5 Å². The lowest BCUT2D eigenvalue weighted by molar-refractivity contribution is 0.320. The highest BCUT2D eigenvalue weighted by atomic mass is 15.3. The summed E-state index contributed by atoms with van der Waals surface area (Å²) in [6.07, 6.45) is 4.48. The zero-order chi connectivity index (χ0) is 9.90. The first-order valence-corrected chi connectivity index (χ1v) is 4.64. The molecular formula is C9H18N4. The van der Waals surface area contributed by atoms with Gasteiger partial charge in [-0.25, -0.2) is 0 Å². The Morgan fingerprint density at radius 2 is 2.08 bits per heavy atom. The molecule has 4 N–H and O–H groups in total. The molecule has 1 aliphatic rings. The van der Waals surface area contributed by atoms with Crippen molar-refractivity contribution in [3.63, 3.8) is 0 Å². The molecule has 0 aromatic rings. The highest BCUT2D eigenvalue weighted by Crippen LogP contribution is 2.33. The predicted octanol–water partition coefficient (Wildman–Crippen LogP) is 1.22. The first kappa shape index (κ1) is 10.0. The van der Waals surface area contributed by atoms with Gasteiger partial charge in [0.25, 0.3) is 0 Å². The van der Waals surface area contributed by atoms with Crippen LogP contribution in [0.3, 0.4) is 0 Å². The molecule has 0 aliphatic heterocycles. The molecule has 4 heteroatoms. The second kappa shape index (κ2) is 3.77. The highest BCUT2D eigenvalue weighted by Gasteiger charge is 2.24. The number of hydrogen-bond acceptors (Lipinski definition) is 2. The molecule has 4 nitrogen and oxygen atoms in total. The molecule has 13 heavy (non-hydrogen) atoms. The van der Waals surface area contributed by atoms with Crippen molar-refractivity contribution in [2.45, 2.75) is 39.5 Å². The Kier molecular flexibility index (Phi) is 2.90. The zero-order valence-electron chi connectivity index (χ0n) is 8.38. The van der Waals surface area contributed by atoms with Crippen LogP contribution in [-0.4, -0.2) is 11.7 Å². The molecule has 0 unspecified atom stereocenters. The molecule has 1 rings (SSSR count). The molecule has 0 radical (unpaired) electrons. The Hall–Kier alpha value is -1.06. The number of nitrogens with zero attached hydrogens (tertiary/aromatic N) is 2. The second-order valence-electron chi connectivity index (χ2n) is 4.39. The van der Waals surface area contributed by atoms with E-state index in [1.807, 2.05) is 0 Å². The van der Waals surface area contributed by atoms with Crippen LogP contribution in [0.2, 0.25) is 0 Å². The number of rotatable bonds is 1. The molecule has 0 aromatic heterocycles. The van der Waals surface area contributed by atoms with Crippen molar-refractivity contribution in [1.29, 1.82) is 0 Å². The number of guanidine groups is 1. The predicted molar refractivity (Wildman–Crippen MR) is 55.5 cm³/mol. The summed E-state index contributed by atoms with van der Waals surface area (Å²) < 4.78 is 0. The molecule has 74 valence electrons. The van der Waals surface area contributed by atoms with Crippen molar-refractivity contribution >= 4 is 11.7 Å². The van der Waals surface area contributed by atoms with Gasteiger partial charge in [-0.05, 0) is 31.1 Å². The van der Waals surface area contributed by atoms with Gasteiger partial charge in [-0.1, -0.05) is 13.8 Å². The smallest absolute Gasteiger partial charge is 0.211 e. The van der Waals surface area contributed by atoms with E-state index < -0.39 is 0 Å². The van der Waals surface area contributed by atoms with E-state index in [1.54, 1.807) is 0 Å². The Balaban J connectivity index is 2.62. The maximum absolute atomic E-state index is 5.20. The van der Waals surface area contributed by atoms with Crippen molar-refractivity contribution in [3.05, 3.63) is 0 Å². The Morgan fingerprint density at radius 1 is 1.38 bits per heavy atom. The van der Waals surface area contributed by atoms with Gasteiger partial charge in [-0.3, -0.25) is 0 Å². The van der Waals surface area contributed by atoms with Gasteiger partial charge in [0.05, 0.1) is 0 Å². The molecular weight excluding hydrogens is 164 g/mol. The molecule has 0 atom stereocenters. The molecule has 1 fully saturated rings. The fourth-order valence-electron chi connectivity index (χ4n) is 1.71. The molecule has 1 aliphatic carbocycles. The minimum atomic E-state index is 0.0379. The molecule has 0 saturated heterocycles. The highest BCUT2D eigenvalue weighted by molar-refractivity contribution is 5.86. The Labute approximate surface area is 79.1 Å². The largest absolute Gasteiger partial charge is 0.369 e. The van der Waals surface area contributed by atoms with Gasteiger partial charge in [-0.2, -0.15) is 5.10 Å². The second-order valence-corrected chi connectivity index (χ2v) is 4.39. The van der Waals surface area contributed by atoms with Crippen molar-refractivity contribution < 1.29 is 0 Å². The maximum atomic E-state index is 5.20. The van der Waals surface area contributed by atoms with E-state index in [2.05, 4.69) is 24.1 Å². The summed E-state index contributed by atoms with van der Waals surface area (Å²) in [4.78, 5) is 0. The molecule has 0 aromatic carbocycles. The Bertz CT molecular complexity index is 236. The lowest BCUT2D eigenvalue weighted by Gasteiger charge is -2.29. The van der Waals surface area contributed by atoms with Gasteiger partial charge in [-0.15, -0.1) is 5.10 Å². The summed E-state index contributed by atoms with van der Waals surface area (Å²) in [6.45, 7) is 4.49. The lowest BCUT2D eigenvalue weighted by Crippen LogP contribution is -2.24. The van der Waals surface area contributed by atoms with Crippen molar-refractivity contribution in [1.82, 2.24) is 0 Å². The third-order valence-electron chi connectivity index (χ3n) is 2.31. The fraction of sp³-hybridized carbons (Fsp3) is 0.778. The van der Waals surface area contributed by atoms with E-state index in [-0.39, 0.29) is 5.96 Å². The van der Waals surface area contributed by atoms with Gasteiger partial charge in [0.1, 0.15) is 0 Å². The lowest BCUT2D eigenvalue weighted by atomic mass is 9.77. The number of nitrogens with two attached hydrogens (primary N) is 2. The van der Waals surface area contributed by atoms with Crippen LogP contribution in [0.4, 0.5) is 0 Å². The molecule has 0 heterocycles. The van der Waals surface area contributed by atoms with Crippen molar-refractivity contribution in [2.75, 3.05) is 0 Å².